The maximum Gasteiger partial charge on any atom is 0.183 e. The molecular weight excluding hydrogens is 180 g/mol. The Kier molecular flexibility index (Phi) is 4.75. The van der Waals surface area contributed by atoms with Gasteiger partial charge in [-0.3, -0.25) is 4.79 Å². The number of aliphatic hydroxyl groups excluding tert-OH is 1. The summed E-state index contributed by atoms with van der Waals surface area (Å²) in [5.41, 5.74) is -0.144. The molecule has 0 rings (SSSR count). The van der Waals surface area contributed by atoms with Crippen molar-refractivity contribution in [3.05, 3.63) is 0 Å². The van der Waals surface area contributed by atoms with Gasteiger partial charge >= 0.3 is 0 Å². The molecule has 3 heteroatoms. The molecule has 0 spiro atoms. The van der Waals surface area contributed by atoms with Gasteiger partial charge in [-0.2, -0.15) is 0 Å². The van der Waals surface area contributed by atoms with Crippen molar-refractivity contribution >= 4 is 5.78 Å². The van der Waals surface area contributed by atoms with Crippen LogP contribution < -0.4 is 0 Å². The molecule has 0 radical (unpaired) electrons. The second kappa shape index (κ2) is 4.89. The average Bonchev–Trinajstić information content (AvgIpc) is 1.96. The molecule has 0 aliphatic carbocycles. The molecule has 3 nitrogen and oxygen atoms in total. The Morgan fingerprint density at radius 1 is 1.21 bits per heavy atom. The summed E-state index contributed by atoms with van der Waals surface area (Å²) >= 11 is 0. The molecule has 0 amide bonds. The minimum Gasteiger partial charge on any atom is -0.388 e. The lowest BCUT2D eigenvalue weighted by Gasteiger charge is -2.32. The van der Waals surface area contributed by atoms with Crippen molar-refractivity contribution in [3.8, 4) is 0 Å². The highest BCUT2D eigenvalue weighted by atomic mass is 16.5. The molecule has 14 heavy (non-hydrogen) atoms. The Morgan fingerprint density at radius 2 is 1.71 bits per heavy atom. The Bertz CT molecular complexity index is 189. The van der Waals surface area contributed by atoms with Gasteiger partial charge in [-0.05, 0) is 25.7 Å². The first-order valence-electron chi connectivity index (χ1n) is 4.93. The highest BCUT2D eigenvalue weighted by Gasteiger charge is 2.26. The van der Waals surface area contributed by atoms with Crippen LogP contribution in [0.2, 0.25) is 0 Å². The molecule has 0 fully saturated rings. The van der Waals surface area contributed by atoms with E-state index in [2.05, 4.69) is 20.8 Å². The number of Topliss-reactive ketones (excluding diaryl/α,β-unsaturated/α-hetero) is 1. The largest absolute Gasteiger partial charge is 0.388 e. The molecular formula is C11H22O3. The zero-order valence-corrected chi connectivity index (χ0v) is 9.89. The van der Waals surface area contributed by atoms with Crippen LogP contribution in [0.3, 0.4) is 0 Å². The minimum absolute atomic E-state index is 0.000417. The van der Waals surface area contributed by atoms with Gasteiger partial charge in [0.15, 0.2) is 5.78 Å². The molecule has 0 aliphatic rings. The maximum atomic E-state index is 10.8. The Morgan fingerprint density at radius 3 is 2.07 bits per heavy atom. The summed E-state index contributed by atoms with van der Waals surface area (Å²) < 4.78 is 5.45. The smallest absolute Gasteiger partial charge is 0.183 e. The summed E-state index contributed by atoms with van der Waals surface area (Å²) in [6.07, 6.45) is 0.874. The third kappa shape index (κ3) is 7.04. The first kappa shape index (κ1) is 13.6. The quantitative estimate of drug-likeness (QED) is 0.739. The van der Waals surface area contributed by atoms with E-state index >= 15 is 0 Å². The van der Waals surface area contributed by atoms with Gasteiger partial charge in [0.05, 0.1) is 5.60 Å². The van der Waals surface area contributed by atoms with Crippen molar-refractivity contribution in [2.24, 2.45) is 5.41 Å². The number of ketones is 1. The van der Waals surface area contributed by atoms with Crippen molar-refractivity contribution in [2.75, 3.05) is 13.2 Å². The van der Waals surface area contributed by atoms with Gasteiger partial charge in [0, 0.05) is 0 Å². The molecule has 0 bridgehead atoms. The van der Waals surface area contributed by atoms with Crippen LogP contribution in [0.25, 0.3) is 0 Å². The lowest BCUT2D eigenvalue weighted by atomic mass is 9.84. The van der Waals surface area contributed by atoms with Crippen molar-refractivity contribution in [2.45, 2.75) is 46.6 Å². The van der Waals surface area contributed by atoms with Gasteiger partial charge in [0.1, 0.15) is 13.2 Å². The van der Waals surface area contributed by atoms with E-state index in [4.69, 9.17) is 9.84 Å². The lowest BCUT2D eigenvalue weighted by Crippen LogP contribution is -2.32. The Balaban J connectivity index is 4.01. The topological polar surface area (TPSA) is 46.5 Å². The van der Waals surface area contributed by atoms with Crippen LogP contribution in [0.15, 0.2) is 0 Å². The lowest BCUT2D eigenvalue weighted by molar-refractivity contribution is -0.133. The number of aliphatic hydroxyl groups is 1. The molecule has 0 aromatic rings. The molecule has 1 N–H and O–H groups in total. The molecule has 0 saturated heterocycles. The van der Waals surface area contributed by atoms with Crippen molar-refractivity contribution in [1.82, 2.24) is 0 Å². The SMILES string of the molecule is CC(C)(C)CC(C)(C)OCC(=O)CO. The zero-order valence-electron chi connectivity index (χ0n) is 9.89. The second-order valence-electron chi connectivity index (χ2n) is 5.48. The average molecular weight is 202 g/mol. The van der Waals surface area contributed by atoms with E-state index in [1.54, 1.807) is 0 Å². The van der Waals surface area contributed by atoms with E-state index in [0.717, 1.165) is 6.42 Å². The molecule has 84 valence electrons. The van der Waals surface area contributed by atoms with Gasteiger partial charge in [0.25, 0.3) is 0 Å². The molecule has 0 saturated carbocycles. The van der Waals surface area contributed by atoms with E-state index in [0.29, 0.717) is 0 Å². The van der Waals surface area contributed by atoms with Crippen LogP contribution in [-0.2, 0) is 9.53 Å². The van der Waals surface area contributed by atoms with Crippen LogP contribution >= 0.6 is 0 Å². The first-order chi connectivity index (χ1) is 6.16. The van der Waals surface area contributed by atoms with Crippen LogP contribution in [0.4, 0.5) is 0 Å². The summed E-state index contributed by atoms with van der Waals surface area (Å²) in [5.74, 6) is -0.271. The number of ether oxygens (including phenoxy) is 1. The molecule has 0 heterocycles. The number of carbonyl (C=O) groups excluding carboxylic acids is 1. The fraction of sp³-hybridized carbons (Fsp3) is 0.909. The van der Waals surface area contributed by atoms with Gasteiger partial charge in [-0.15, -0.1) is 0 Å². The predicted molar refractivity (Wildman–Crippen MR) is 56.2 cm³/mol. The van der Waals surface area contributed by atoms with Crippen molar-refractivity contribution in [3.63, 3.8) is 0 Å². The molecule has 0 aliphatic heterocycles. The fourth-order valence-corrected chi connectivity index (χ4v) is 1.65. The summed E-state index contributed by atoms with van der Waals surface area (Å²) in [6.45, 7) is 9.88. The van der Waals surface area contributed by atoms with E-state index in [1.807, 2.05) is 13.8 Å². The fourth-order valence-electron chi connectivity index (χ4n) is 1.65. The highest BCUT2D eigenvalue weighted by Crippen LogP contribution is 2.29. The Labute approximate surface area is 86.5 Å². The summed E-state index contributed by atoms with van der Waals surface area (Å²) in [6, 6.07) is 0. The summed E-state index contributed by atoms with van der Waals surface area (Å²) in [4.78, 5) is 10.8. The second-order valence-corrected chi connectivity index (χ2v) is 5.48. The van der Waals surface area contributed by atoms with Gasteiger partial charge in [-0.25, -0.2) is 0 Å². The standard InChI is InChI=1S/C11H22O3/c1-10(2,3)8-11(4,5)14-7-9(13)6-12/h12H,6-8H2,1-5H3. The third-order valence-electron chi connectivity index (χ3n) is 1.76. The van der Waals surface area contributed by atoms with Crippen LogP contribution in [0.1, 0.15) is 41.0 Å². The molecule has 0 atom stereocenters. The van der Waals surface area contributed by atoms with Crippen LogP contribution in [0.5, 0.6) is 0 Å². The third-order valence-corrected chi connectivity index (χ3v) is 1.76. The summed E-state index contributed by atoms with van der Waals surface area (Å²) in [7, 11) is 0. The number of hydrogen-bond acceptors (Lipinski definition) is 3. The van der Waals surface area contributed by atoms with Gasteiger partial charge in [-0.1, -0.05) is 20.8 Å². The van der Waals surface area contributed by atoms with Gasteiger partial charge < -0.3 is 9.84 Å². The van der Waals surface area contributed by atoms with Crippen molar-refractivity contribution < 1.29 is 14.6 Å². The van der Waals surface area contributed by atoms with Gasteiger partial charge in [0.2, 0.25) is 0 Å². The number of rotatable bonds is 5. The monoisotopic (exact) mass is 202 g/mol. The normalized spacial score (nSPS) is 13.0. The van der Waals surface area contributed by atoms with E-state index in [1.165, 1.54) is 0 Å². The Hall–Kier alpha value is -0.410. The highest BCUT2D eigenvalue weighted by molar-refractivity contribution is 5.80. The van der Waals surface area contributed by atoms with E-state index < -0.39 is 6.61 Å². The van der Waals surface area contributed by atoms with E-state index in [-0.39, 0.29) is 23.4 Å². The predicted octanol–water partition coefficient (Wildman–Crippen LogP) is 1.78. The molecule has 0 unspecified atom stereocenters. The number of carbonyl (C=O) groups is 1. The minimum atomic E-state index is -0.439. The summed E-state index contributed by atoms with van der Waals surface area (Å²) in [5, 5.41) is 8.53. The number of hydrogen-bond donors (Lipinski definition) is 1. The van der Waals surface area contributed by atoms with Crippen molar-refractivity contribution in [1.29, 1.82) is 0 Å². The van der Waals surface area contributed by atoms with Crippen LogP contribution in [-0.4, -0.2) is 29.7 Å². The molecule has 0 aromatic carbocycles. The maximum absolute atomic E-state index is 10.8. The zero-order chi connectivity index (χ0) is 11.4. The van der Waals surface area contributed by atoms with Crippen LogP contribution in [0, 0.1) is 5.41 Å². The first-order valence-corrected chi connectivity index (χ1v) is 4.93. The molecule has 0 aromatic heterocycles. The van der Waals surface area contributed by atoms with E-state index in [9.17, 15) is 4.79 Å².